The Bertz CT molecular complexity index is 596. The van der Waals surface area contributed by atoms with Gasteiger partial charge in [-0.3, -0.25) is 0 Å². The Labute approximate surface area is 119 Å². The van der Waals surface area contributed by atoms with E-state index in [2.05, 4.69) is 36.4 Å². The Balaban J connectivity index is 2.55. The van der Waals surface area contributed by atoms with Crippen LogP contribution in [0.1, 0.15) is 46.1 Å². The predicted molar refractivity (Wildman–Crippen MR) is 82.5 cm³/mol. The van der Waals surface area contributed by atoms with Crippen molar-refractivity contribution in [2.45, 2.75) is 46.1 Å². The average Bonchev–Trinajstić information content (AvgIpc) is 2.76. The van der Waals surface area contributed by atoms with Crippen molar-refractivity contribution in [3.63, 3.8) is 0 Å². The Kier molecular flexibility index (Phi) is 4.64. The first-order chi connectivity index (χ1) is 9.22. The van der Waals surface area contributed by atoms with Crippen LogP contribution >= 0.6 is 12.2 Å². The molecule has 104 valence electrons. The summed E-state index contributed by atoms with van der Waals surface area (Å²) in [5, 5.41) is 0. The molecule has 4 heteroatoms. The van der Waals surface area contributed by atoms with E-state index in [-0.39, 0.29) is 0 Å². The number of rotatable bonds is 6. The monoisotopic (exact) mass is 278 g/mol. The predicted octanol–water partition coefficient (Wildman–Crippen LogP) is 4.85. The van der Waals surface area contributed by atoms with E-state index in [1.807, 2.05) is 12.1 Å². The van der Waals surface area contributed by atoms with Gasteiger partial charge in [-0.05, 0) is 43.6 Å². The average molecular weight is 278 g/mol. The van der Waals surface area contributed by atoms with E-state index in [1.54, 1.807) is 0 Å². The van der Waals surface area contributed by atoms with Crippen LogP contribution < -0.4 is 4.74 Å². The van der Waals surface area contributed by atoms with E-state index in [0.717, 1.165) is 47.4 Å². The summed E-state index contributed by atoms with van der Waals surface area (Å²) in [5.74, 6) is 0.898. The molecule has 0 fully saturated rings. The fourth-order valence-electron chi connectivity index (χ4n) is 2.47. The van der Waals surface area contributed by atoms with Gasteiger partial charge in [-0.15, -0.1) is 0 Å². The molecule has 0 unspecified atom stereocenters. The fourth-order valence-corrected chi connectivity index (χ4v) is 2.82. The molecule has 0 aliphatic heterocycles. The van der Waals surface area contributed by atoms with Crippen LogP contribution in [0.15, 0.2) is 18.2 Å². The molecule has 3 nitrogen and oxygen atoms in total. The van der Waals surface area contributed by atoms with Gasteiger partial charge in [0.1, 0.15) is 11.3 Å². The van der Waals surface area contributed by atoms with E-state index < -0.39 is 0 Å². The van der Waals surface area contributed by atoms with Crippen molar-refractivity contribution < 1.29 is 4.74 Å². The molecule has 2 aromatic rings. The summed E-state index contributed by atoms with van der Waals surface area (Å²) in [6, 6.07) is 6.59. The molecule has 0 aliphatic carbocycles. The van der Waals surface area contributed by atoms with E-state index in [4.69, 9.17) is 17.0 Å². The molecular weight excluding hydrogens is 256 g/mol. The maximum atomic E-state index is 5.79. The molecule has 1 heterocycles. The third-order valence-electron chi connectivity index (χ3n) is 3.48. The first kappa shape index (κ1) is 14.1. The highest BCUT2D eigenvalue weighted by atomic mass is 32.1. The Hall–Kier alpha value is -1.29. The molecule has 19 heavy (non-hydrogen) atoms. The standard InChI is InChI=1S/C15H22N2OS/c1-4-10-18-13-9-7-8-12-14(13)16-15(19)17(12)11(5-2)6-3/h7-9,11H,4-6,10H2,1-3H3,(H,16,19). The SMILES string of the molecule is CCCOc1cccc2c1[nH]c(=S)n2C(CC)CC. The lowest BCUT2D eigenvalue weighted by Crippen LogP contribution is -2.06. The summed E-state index contributed by atoms with van der Waals surface area (Å²) in [4.78, 5) is 3.31. The van der Waals surface area contributed by atoms with Crippen molar-refractivity contribution in [1.82, 2.24) is 9.55 Å². The number of imidazole rings is 1. The number of fused-ring (bicyclic) bond motifs is 1. The molecule has 0 amide bonds. The first-order valence-corrected chi connectivity index (χ1v) is 7.49. The summed E-state index contributed by atoms with van der Waals surface area (Å²) in [5.41, 5.74) is 2.17. The Morgan fingerprint density at radius 1 is 1.26 bits per heavy atom. The van der Waals surface area contributed by atoms with Crippen LogP contribution in [0.3, 0.4) is 0 Å². The molecule has 0 radical (unpaired) electrons. The van der Waals surface area contributed by atoms with Crippen molar-refractivity contribution in [3.8, 4) is 5.75 Å². The zero-order valence-electron chi connectivity index (χ0n) is 11.9. The van der Waals surface area contributed by atoms with Gasteiger partial charge in [0, 0.05) is 6.04 Å². The van der Waals surface area contributed by atoms with Gasteiger partial charge < -0.3 is 14.3 Å². The van der Waals surface area contributed by atoms with Crippen LogP contribution in [0.25, 0.3) is 11.0 Å². The van der Waals surface area contributed by atoms with E-state index in [9.17, 15) is 0 Å². The van der Waals surface area contributed by atoms with Crippen LogP contribution in [0.5, 0.6) is 5.75 Å². The highest BCUT2D eigenvalue weighted by Crippen LogP contribution is 2.29. The molecule has 0 atom stereocenters. The number of hydrogen-bond donors (Lipinski definition) is 1. The molecule has 0 saturated carbocycles. The highest BCUT2D eigenvalue weighted by Gasteiger charge is 2.14. The molecule has 0 aliphatic rings. The molecule has 2 rings (SSSR count). The van der Waals surface area contributed by atoms with E-state index in [1.165, 1.54) is 0 Å². The summed E-state index contributed by atoms with van der Waals surface area (Å²) in [6.45, 7) is 7.24. The number of aromatic nitrogens is 2. The fraction of sp³-hybridized carbons (Fsp3) is 0.533. The normalized spacial score (nSPS) is 11.4. The molecule has 1 N–H and O–H groups in total. The number of nitrogens with zero attached hydrogens (tertiary/aromatic N) is 1. The minimum atomic E-state index is 0.447. The van der Waals surface area contributed by atoms with Gasteiger partial charge >= 0.3 is 0 Å². The number of para-hydroxylation sites is 1. The zero-order valence-corrected chi connectivity index (χ0v) is 12.7. The van der Waals surface area contributed by atoms with Gasteiger partial charge in [-0.2, -0.15) is 0 Å². The van der Waals surface area contributed by atoms with Gasteiger partial charge in [-0.25, -0.2) is 0 Å². The largest absolute Gasteiger partial charge is 0.491 e. The summed E-state index contributed by atoms with van der Waals surface area (Å²) >= 11 is 5.49. The number of benzene rings is 1. The highest BCUT2D eigenvalue weighted by molar-refractivity contribution is 7.71. The molecule has 1 aromatic heterocycles. The third-order valence-corrected chi connectivity index (χ3v) is 3.78. The molecule has 0 spiro atoms. The molecule has 0 bridgehead atoms. The van der Waals surface area contributed by atoms with Gasteiger partial charge in [0.2, 0.25) is 0 Å². The van der Waals surface area contributed by atoms with Gasteiger partial charge in [0.25, 0.3) is 0 Å². The Morgan fingerprint density at radius 2 is 2.00 bits per heavy atom. The first-order valence-electron chi connectivity index (χ1n) is 7.08. The van der Waals surface area contributed by atoms with E-state index >= 15 is 0 Å². The Morgan fingerprint density at radius 3 is 2.63 bits per heavy atom. The maximum Gasteiger partial charge on any atom is 0.178 e. The second-order valence-electron chi connectivity index (χ2n) is 4.77. The molecular formula is C15H22N2OS. The number of ether oxygens (including phenoxy) is 1. The minimum Gasteiger partial charge on any atom is -0.491 e. The second-order valence-corrected chi connectivity index (χ2v) is 5.16. The van der Waals surface area contributed by atoms with Gasteiger partial charge in [0.15, 0.2) is 4.77 Å². The number of aromatic amines is 1. The lowest BCUT2D eigenvalue weighted by atomic mass is 10.1. The number of nitrogens with one attached hydrogen (secondary N) is 1. The molecule has 1 aromatic carbocycles. The van der Waals surface area contributed by atoms with Crippen LogP contribution in [0.2, 0.25) is 0 Å². The quantitative estimate of drug-likeness (QED) is 0.766. The van der Waals surface area contributed by atoms with Crippen molar-refractivity contribution in [2.75, 3.05) is 6.61 Å². The maximum absolute atomic E-state index is 5.79. The van der Waals surface area contributed by atoms with Crippen LogP contribution in [-0.2, 0) is 0 Å². The number of H-pyrrole nitrogens is 1. The van der Waals surface area contributed by atoms with Crippen LogP contribution in [-0.4, -0.2) is 16.2 Å². The lowest BCUT2D eigenvalue weighted by molar-refractivity contribution is 0.320. The topological polar surface area (TPSA) is 29.9 Å². The summed E-state index contributed by atoms with van der Waals surface area (Å²) in [7, 11) is 0. The molecule has 0 saturated heterocycles. The van der Waals surface area contributed by atoms with Crippen LogP contribution in [0.4, 0.5) is 0 Å². The second kappa shape index (κ2) is 6.24. The third kappa shape index (κ3) is 2.68. The van der Waals surface area contributed by atoms with Crippen molar-refractivity contribution >= 4 is 23.3 Å². The van der Waals surface area contributed by atoms with Gasteiger partial charge in [-0.1, -0.05) is 26.8 Å². The summed E-state index contributed by atoms with van der Waals surface area (Å²) in [6.07, 6.45) is 3.17. The van der Waals surface area contributed by atoms with Gasteiger partial charge in [0.05, 0.1) is 12.1 Å². The van der Waals surface area contributed by atoms with Crippen LogP contribution in [0, 0.1) is 4.77 Å². The van der Waals surface area contributed by atoms with Crippen molar-refractivity contribution in [2.24, 2.45) is 0 Å². The number of hydrogen-bond acceptors (Lipinski definition) is 2. The van der Waals surface area contributed by atoms with Crippen molar-refractivity contribution in [3.05, 3.63) is 23.0 Å². The lowest BCUT2D eigenvalue weighted by Gasteiger charge is -2.15. The van der Waals surface area contributed by atoms with E-state index in [0.29, 0.717) is 6.04 Å². The minimum absolute atomic E-state index is 0.447. The van der Waals surface area contributed by atoms with Crippen molar-refractivity contribution in [1.29, 1.82) is 0 Å². The smallest absolute Gasteiger partial charge is 0.178 e. The zero-order chi connectivity index (χ0) is 13.8. The summed E-state index contributed by atoms with van der Waals surface area (Å²) < 4.78 is 8.81.